The van der Waals surface area contributed by atoms with Gasteiger partial charge >= 0.3 is 0 Å². The minimum atomic E-state index is -0.376. The van der Waals surface area contributed by atoms with Gasteiger partial charge in [-0.2, -0.15) is 0 Å². The highest BCUT2D eigenvalue weighted by atomic mass is 16.5. The Hall–Kier alpha value is -1.84. The summed E-state index contributed by atoms with van der Waals surface area (Å²) in [6.07, 6.45) is 2.86. The molecule has 0 fully saturated rings. The van der Waals surface area contributed by atoms with Crippen molar-refractivity contribution in [2.45, 2.75) is 38.6 Å². The first-order chi connectivity index (χ1) is 9.19. The molecule has 1 unspecified atom stereocenters. The molecule has 0 spiro atoms. The number of ether oxygens (including phenoxy) is 1. The Kier molecular flexibility index (Phi) is 3.01. The Morgan fingerprint density at radius 3 is 3.00 bits per heavy atom. The molecule has 0 saturated heterocycles. The molecule has 0 aromatic heterocycles. The van der Waals surface area contributed by atoms with E-state index in [1.54, 1.807) is 6.92 Å². The molecule has 1 heterocycles. The van der Waals surface area contributed by atoms with Crippen LogP contribution in [0.3, 0.4) is 0 Å². The van der Waals surface area contributed by atoms with Crippen LogP contribution in [0.4, 0.5) is 0 Å². The molecule has 0 radical (unpaired) electrons. The minimum absolute atomic E-state index is 0.0151. The van der Waals surface area contributed by atoms with Crippen molar-refractivity contribution in [3.63, 3.8) is 0 Å². The average molecular weight is 259 g/mol. The van der Waals surface area contributed by atoms with Crippen LogP contribution in [-0.4, -0.2) is 24.3 Å². The van der Waals surface area contributed by atoms with Crippen LogP contribution in [0.1, 0.15) is 41.3 Å². The quantitative estimate of drug-likeness (QED) is 0.878. The molecule has 19 heavy (non-hydrogen) atoms. The standard InChI is InChI=1S/C15H17NO3/c1-2-14(17)16-12-4-3-9-7-10-5-6-19-13(10)8-11(9)15(12)18/h7-8,12H,2-6H2,1H3,(H,16,17). The molecule has 3 rings (SSSR count). The normalized spacial score (nSPS) is 20.5. The second-order valence-electron chi connectivity index (χ2n) is 5.09. The number of Topliss-reactive ketones (excluding diaryl/α,β-unsaturated/α-hetero) is 1. The van der Waals surface area contributed by atoms with Gasteiger partial charge in [-0.25, -0.2) is 0 Å². The molecule has 1 aliphatic heterocycles. The van der Waals surface area contributed by atoms with Crippen LogP contribution in [-0.2, 0) is 17.6 Å². The lowest BCUT2D eigenvalue weighted by atomic mass is 9.85. The maximum Gasteiger partial charge on any atom is 0.220 e. The van der Waals surface area contributed by atoms with E-state index in [2.05, 4.69) is 11.4 Å². The number of carbonyl (C=O) groups excluding carboxylic acids is 2. The van der Waals surface area contributed by atoms with E-state index in [1.165, 1.54) is 5.56 Å². The summed E-state index contributed by atoms with van der Waals surface area (Å²) in [4.78, 5) is 23.8. The van der Waals surface area contributed by atoms with Crippen LogP contribution in [0.5, 0.6) is 5.75 Å². The molecule has 4 nitrogen and oxygen atoms in total. The predicted molar refractivity (Wildman–Crippen MR) is 70.5 cm³/mol. The lowest BCUT2D eigenvalue weighted by Gasteiger charge is -2.24. The van der Waals surface area contributed by atoms with Gasteiger partial charge in [0.05, 0.1) is 12.6 Å². The second-order valence-corrected chi connectivity index (χ2v) is 5.09. The van der Waals surface area contributed by atoms with Gasteiger partial charge in [-0.05, 0) is 30.0 Å². The van der Waals surface area contributed by atoms with Gasteiger partial charge in [-0.15, -0.1) is 0 Å². The lowest BCUT2D eigenvalue weighted by molar-refractivity contribution is -0.121. The van der Waals surface area contributed by atoms with E-state index in [4.69, 9.17) is 4.74 Å². The second kappa shape index (κ2) is 4.68. The van der Waals surface area contributed by atoms with Crippen LogP contribution < -0.4 is 10.1 Å². The maximum absolute atomic E-state index is 12.4. The van der Waals surface area contributed by atoms with E-state index in [0.717, 1.165) is 24.2 Å². The van der Waals surface area contributed by atoms with Gasteiger partial charge in [0.2, 0.25) is 5.91 Å². The van der Waals surface area contributed by atoms with Crippen LogP contribution >= 0.6 is 0 Å². The van der Waals surface area contributed by atoms with Gasteiger partial charge < -0.3 is 10.1 Å². The molecule has 0 bridgehead atoms. The molecule has 2 aliphatic rings. The number of aryl methyl sites for hydroxylation is 1. The summed E-state index contributed by atoms with van der Waals surface area (Å²) < 4.78 is 5.51. The van der Waals surface area contributed by atoms with Crippen molar-refractivity contribution >= 4 is 11.7 Å². The van der Waals surface area contributed by atoms with Crippen LogP contribution in [0.2, 0.25) is 0 Å². The molecule has 1 N–H and O–H groups in total. The van der Waals surface area contributed by atoms with Crippen molar-refractivity contribution in [3.8, 4) is 5.75 Å². The van der Waals surface area contributed by atoms with Gasteiger partial charge in [0.1, 0.15) is 5.75 Å². The Bertz CT molecular complexity index is 551. The highest BCUT2D eigenvalue weighted by Crippen LogP contribution is 2.32. The fraction of sp³-hybridized carbons (Fsp3) is 0.467. The van der Waals surface area contributed by atoms with E-state index in [0.29, 0.717) is 25.0 Å². The number of carbonyl (C=O) groups is 2. The Labute approximate surface area is 112 Å². The molecular formula is C15H17NO3. The Balaban J connectivity index is 1.89. The van der Waals surface area contributed by atoms with E-state index in [-0.39, 0.29) is 17.7 Å². The third-order valence-electron chi connectivity index (χ3n) is 3.86. The molecule has 1 atom stereocenters. The first kappa shape index (κ1) is 12.2. The van der Waals surface area contributed by atoms with E-state index in [9.17, 15) is 9.59 Å². The zero-order valence-corrected chi connectivity index (χ0v) is 11.0. The van der Waals surface area contributed by atoms with Gasteiger partial charge in [-0.1, -0.05) is 13.0 Å². The number of nitrogens with one attached hydrogen (secondary N) is 1. The largest absolute Gasteiger partial charge is 0.493 e. The number of hydrogen-bond donors (Lipinski definition) is 1. The van der Waals surface area contributed by atoms with E-state index in [1.807, 2.05) is 6.07 Å². The molecule has 1 aromatic carbocycles. The zero-order valence-electron chi connectivity index (χ0n) is 11.0. The summed E-state index contributed by atoms with van der Waals surface area (Å²) in [5, 5.41) is 2.80. The van der Waals surface area contributed by atoms with E-state index < -0.39 is 0 Å². The van der Waals surface area contributed by atoms with Crippen molar-refractivity contribution in [1.82, 2.24) is 5.32 Å². The number of rotatable bonds is 2. The van der Waals surface area contributed by atoms with Gasteiger partial charge in [0, 0.05) is 18.4 Å². The molecule has 100 valence electrons. The van der Waals surface area contributed by atoms with Gasteiger partial charge in [-0.3, -0.25) is 9.59 Å². The summed E-state index contributed by atoms with van der Waals surface area (Å²) in [5.41, 5.74) is 3.01. The Morgan fingerprint density at radius 2 is 2.21 bits per heavy atom. The average Bonchev–Trinajstić information content (AvgIpc) is 2.87. The molecule has 4 heteroatoms. The number of hydrogen-bond acceptors (Lipinski definition) is 3. The molecule has 0 saturated carbocycles. The molecular weight excluding hydrogens is 242 g/mol. The third-order valence-corrected chi connectivity index (χ3v) is 3.86. The molecule has 1 aromatic rings. The summed E-state index contributed by atoms with van der Waals surface area (Å²) in [6.45, 7) is 2.49. The van der Waals surface area contributed by atoms with Crippen molar-refractivity contribution in [1.29, 1.82) is 0 Å². The number of fused-ring (bicyclic) bond motifs is 2. The highest BCUT2D eigenvalue weighted by molar-refractivity contribution is 6.04. The van der Waals surface area contributed by atoms with Crippen molar-refractivity contribution < 1.29 is 14.3 Å². The minimum Gasteiger partial charge on any atom is -0.493 e. The van der Waals surface area contributed by atoms with E-state index >= 15 is 0 Å². The third kappa shape index (κ3) is 2.11. The summed E-state index contributed by atoms with van der Waals surface area (Å²) in [7, 11) is 0. The van der Waals surface area contributed by atoms with Crippen LogP contribution in [0, 0.1) is 0 Å². The fourth-order valence-corrected chi connectivity index (χ4v) is 2.77. The van der Waals surface area contributed by atoms with Crippen LogP contribution in [0.25, 0.3) is 0 Å². The molecule has 1 aliphatic carbocycles. The summed E-state index contributed by atoms with van der Waals surface area (Å²) in [6, 6.07) is 3.57. The Morgan fingerprint density at radius 1 is 1.37 bits per heavy atom. The van der Waals surface area contributed by atoms with Crippen molar-refractivity contribution in [2.24, 2.45) is 0 Å². The summed E-state index contributed by atoms with van der Waals surface area (Å²) >= 11 is 0. The lowest BCUT2D eigenvalue weighted by Crippen LogP contribution is -2.43. The maximum atomic E-state index is 12.4. The SMILES string of the molecule is CCC(=O)NC1CCc2cc3c(cc2C1=O)OCC3. The predicted octanol–water partition coefficient (Wildman–Crippen LogP) is 1.65. The van der Waals surface area contributed by atoms with Crippen molar-refractivity contribution in [2.75, 3.05) is 6.61 Å². The number of ketones is 1. The smallest absolute Gasteiger partial charge is 0.220 e. The van der Waals surface area contributed by atoms with Crippen molar-refractivity contribution in [3.05, 3.63) is 28.8 Å². The zero-order chi connectivity index (χ0) is 13.4. The number of amides is 1. The summed E-state index contributed by atoms with van der Waals surface area (Å²) in [5.74, 6) is 0.773. The monoisotopic (exact) mass is 259 g/mol. The topological polar surface area (TPSA) is 55.4 Å². The van der Waals surface area contributed by atoms with Gasteiger partial charge in [0.15, 0.2) is 5.78 Å². The highest BCUT2D eigenvalue weighted by Gasteiger charge is 2.30. The first-order valence-corrected chi connectivity index (χ1v) is 6.81. The van der Waals surface area contributed by atoms with Gasteiger partial charge in [0.25, 0.3) is 0 Å². The molecule has 1 amide bonds. The fourth-order valence-electron chi connectivity index (χ4n) is 2.77. The van der Waals surface area contributed by atoms with Crippen LogP contribution in [0.15, 0.2) is 12.1 Å². The first-order valence-electron chi connectivity index (χ1n) is 6.81. The number of benzene rings is 1.